The Kier molecular flexibility index (Phi) is 6.87. The summed E-state index contributed by atoms with van der Waals surface area (Å²) in [4.78, 5) is 37.1. The molecular weight excluding hydrogens is 525 g/mol. The van der Waals surface area contributed by atoms with E-state index in [1.807, 2.05) is 0 Å². The van der Waals surface area contributed by atoms with Gasteiger partial charge in [-0.2, -0.15) is 0 Å². The molecule has 34 heavy (non-hydrogen) atoms. The normalized spacial score (nSPS) is 18.1. The van der Waals surface area contributed by atoms with Gasteiger partial charge in [0.25, 0.3) is 5.91 Å². The van der Waals surface area contributed by atoms with Gasteiger partial charge in [-0.05, 0) is 66.2 Å². The average Bonchev–Trinajstić information content (AvgIpc) is 3.36. The van der Waals surface area contributed by atoms with Gasteiger partial charge in [0.2, 0.25) is 5.91 Å². The van der Waals surface area contributed by atoms with Crippen LogP contribution in [0.25, 0.3) is 0 Å². The molecule has 0 aromatic heterocycles. The fourth-order valence-corrected chi connectivity index (χ4v) is 5.08. The predicted molar refractivity (Wildman–Crippen MR) is 132 cm³/mol. The number of rotatable bonds is 6. The van der Waals surface area contributed by atoms with Crippen molar-refractivity contribution in [2.45, 2.75) is 10.3 Å². The molecule has 5 nitrogen and oxygen atoms in total. The maximum absolute atomic E-state index is 13.1. The van der Waals surface area contributed by atoms with Crippen LogP contribution in [0.3, 0.4) is 0 Å². The Hall–Kier alpha value is -2.64. The molecule has 1 aliphatic rings. The van der Waals surface area contributed by atoms with E-state index in [1.54, 1.807) is 18.2 Å². The minimum Gasteiger partial charge on any atom is -0.326 e. The Morgan fingerprint density at radius 3 is 2.12 bits per heavy atom. The number of nitrogens with one attached hydrogen (secondary N) is 2. The van der Waals surface area contributed by atoms with Gasteiger partial charge in [-0.25, -0.2) is 4.39 Å². The SMILES string of the molecule is O=Cc1ccc(NC(=O)C2C(c3cc(Cl)cc(Cl)c3)C2(Cl)Cl)cc1C(=O)Nc1ccc(F)cc1. The number of halogens is 5. The van der Waals surface area contributed by atoms with E-state index in [0.29, 0.717) is 27.6 Å². The van der Waals surface area contributed by atoms with Crippen molar-refractivity contribution < 1.29 is 18.8 Å². The largest absolute Gasteiger partial charge is 0.326 e. The van der Waals surface area contributed by atoms with Gasteiger partial charge >= 0.3 is 0 Å². The molecule has 2 atom stereocenters. The van der Waals surface area contributed by atoms with E-state index in [4.69, 9.17) is 46.4 Å². The highest BCUT2D eigenvalue weighted by Crippen LogP contribution is 2.65. The Bertz CT molecular complexity index is 1280. The van der Waals surface area contributed by atoms with E-state index in [1.165, 1.54) is 42.5 Å². The maximum Gasteiger partial charge on any atom is 0.256 e. The molecular formula is C24H15Cl4FN2O3. The summed E-state index contributed by atoms with van der Waals surface area (Å²) in [6.07, 6.45) is 0.521. The van der Waals surface area contributed by atoms with E-state index in [-0.39, 0.29) is 16.8 Å². The summed E-state index contributed by atoms with van der Waals surface area (Å²) in [5.41, 5.74) is 1.36. The number of anilines is 2. The maximum atomic E-state index is 13.1. The number of hydrogen-bond acceptors (Lipinski definition) is 3. The number of benzene rings is 3. The second-order valence-electron chi connectivity index (χ2n) is 7.70. The molecule has 4 rings (SSSR count). The van der Waals surface area contributed by atoms with E-state index in [9.17, 15) is 18.8 Å². The van der Waals surface area contributed by atoms with Gasteiger partial charge in [0.05, 0.1) is 11.5 Å². The van der Waals surface area contributed by atoms with Crippen molar-refractivity contribution in [2.24, 2.45) is 5.92 Å². The third kappa shape index (κ3) is 5.05. The van der Waals surface area contributed by atoms with Crippen LogP contribution in [0, 0.1) is 11.7 Å². The molecule has 0 aliphatic heterocycles. The highest BCUT2D eigenvalue weighted by Gasteiger charge is 2.67. The molecule has 0 saturated heterocycles. The average molecular weight is 540 g/mol. The Balaban J connectivity index is 1.53. The smallest absolute Gasteiger partial charge is 0.256 e. The van der Waals surface area contributed by atoms with Gasteiger partial charge in [0.1, 0.15) is 10.2 Å². The molecule has 10 heteroatoms. The van der Waals surface area contributed by atoms with Gasteiger partial charge in [0, 0.05) is 32.9 Å². The quantitative estimate of drug-likeness (QED) is 0.269. The number of carbonyl (C=O) groups excluding carboxylic acids is 3. The van der Waals surface area contributed by atoms with Crippen LogP contribution in [0.15, 0.2) is 60.7 Å². The van der Waals surface area contributed by atoms with Gasteiger partial charge in [-0.1, -0.05) is 23.2 Å². The topological polar surface area (TPSA) is 75.3 Å². The minimum absolute atomic E-state index is 0.0223. The highest BCUT2D eigenvalue weighted by atomic mass is 35.5. The second kappa shape index (κ2) is 9.55. The number of amides is 2. The molecule has 0 spiro atoms. The fourth-order valence-electron chi connectivity index (χ4n) is 3.71. The summed E-state index contributed by atoms with van der Waals surface area (Å²) in [5.74, 6) is -2.87. The van der Waals surface area contributed by atoms with Crippen LogP contribution < -0.4 is 10.6 Å². The van der Waals surface area contributed by atoms with E-state index >= 15 is 0 Å². The lowest BCUT2D eigenvalue weighted by Crippen LogP contribution is -2.19. The first kappa shape index (κ1) is 24.5. The molecule has 1 fully saturated rings. The van der Waals surface area contributed by atoms with Crippen LogP contribution in [-0.4, -0.2) is 22.4 Å². The fraction of sp³-hybridized carbons (Fsp3) is 0.125. The van der Waals surface area contributed by atoms with Crippen molar-refractivity contribution in [1.29, 1.82) is 0 Å². The molecule has 2 amide bonds. The summed E-state index contributed by atoms with van der Waals surface area (Å²) in [6, 6.07) is 14.2. The van der Waals surface area contributed by atoms with Crippen molar-refractivity contribution >= 4 is 75.9 Å². The lowest BCUT2D eigenvalue weighted by atomic mass is 10.1. The molecule has 3 aromatic rings. The van der Waals surface area contributed by atoms with Crippen LogP contribution in [0.5, 0.6) is 0 Å². The third-order valence-corrected chi connectivity index (χ3v) is 6.75. The van der Waals surface area contributed by atoms with Gasteiger partial charge in [-0.15, -0.1) is 23.2 Å². The van der Waals surface area contributed by atoms with Crippen molar-refractivity contribution in [2.75, 3.05) is 10.6 Å². The Morgan fingerprint density at radius 2 is 1.50 bits per heavy atom. The van der Waals surface area contributed by atoms with Crippen molar-refractivity contribution in [3.8, 4) is 0 Å². The van der Waals surface area contributed by atoms with Crippen LogP contribution in [-0.2, 0) is 4.79 Å². The monoisotopic (exact) mass is 538 g/mol. The Labute approximate surface area is 214 Å². The number of alkyl halides is 2. The molecule has 174 valence electrons. The summed E-state index contributed by atoms with van der Waals surface area (Å²) in [6.45, 7) is 0. The second-order valence-corrected chi connectivity index (χ2v) is 10.0. The predicted octanol–water partition coefficient (Wildman–Crippen LogP) is 6.72. The number of aldehydes is 1. The molecule has 2 N–H and O–H groups in total. The lowest BCUT2D eigenvalue weighted by Gasteiger charge is -2.11. The van der Waals surface area contributed by atoms with Gasteiger partial charge in [-0.3, -0.25) is 14.4 Å². The third-order valence-electron chi connectivity index (χ3n) is 5.37. The molecule has 0 radical (unpaired) electrons. The van der Waals surface area contributed by atoms with Crippen molar-refractivity contribution in [3.63, 3.8) is 0 Å². The first-order valence-corrected chi connectivity index (χ1v) is 11.4. The Morgan fingerprint density at radius 1 is 0.882 bits per heavy atom. The van der Waals surface area contributed by atoms with E-state index in [0.717, 1.165) is 0 Å². The van der Waals surface area contributed by atoms with Crippen molar-refractivity contribution in [1.82, 2.24) is 0 Å². The number of carbonyl (C=O) groups is 3. The molecule has 2 unspecified atom stereocenters. The molecule has 1 aliphatic carbocycles. The summed E-state index contributed by atoms with van der Waals surface area (Å²) < 4.78 is 11.7. The van der Waals surface area contributed by atoms with Crippen LogP contribution >= 0.6 is 46.4 Å². The summed E-state index contributed by atoms with van der Waals surface area (Å²) in [5, 5.41) is 6.05. The lowest BCUT2D eigenvalue weighted by molar-refractivity contribution is -0.117. The van der Waals surface area contributed by atoms with Crippen LogP contribution in [0.4, 0.5) is 15.8 Å². The van der Waals surface area contributed by atoms with Crippen molar-refractivity contribution in [3.05, 3.63) is 93.2 Å². The van der Waals surface area contributed by atoms with E-state index < -0.39 is 33.8 Å². The van der Waals surface area contributed by atoms with Gasteiger partial charge in [0.15, 0.2) is 6.29 Å². The number of hydrogen-bond donors (Lipinski definition) is 2. The first-order valence-electron chi connectivity index (χ1n) is 9.91. The molecule has 1 saturated carbocycles. The summed E-state index contributed by atoms with van der Waals surface area (Å²) in [7, 11) is 0. The van der Waals surface area contributed by atoms with Crippen LogP contribution in [0.2, 0.25) is 10.0 Å². The molecule has 0 bridgehead atoms. The van der Waals surface area contributed by atoms with Crippen LogP contribution in [0.1, 0.15) is 32.2 Å². The van der Waals surface area contributed by atoms with Gasteiger partial charge < -0.3 is 10.6 Å². The molecule has 0 heterocycles. The first-order chi connectivity index (χ1) is 16.1. The standard InChI is InChI=1S/C24H15Cl4FN2O3/c25-14-7-13(8-15(26)9-14)20-21(24(20,27)28)23(34)31-18-4-1-12(11-32)19(10-18)22(33)30-17-5-2-16(29)3-6-17/h1-11,20-21H,(H,30,33)(H,31,34). The zero-order chi connectivity index (χ0) is 24.6. The zero-order valence-electron chi connectivity index (χ0n) is 17.1. The molecule has 3 aromatic carbocycles. The van der Waals surface area contributed by atoms with E-state index in [2.05, 4.69) is 10.6 Å². The minimum atomic E-state index is -1.37. The summed E-state index contributed by atoms with van der Waals surface area (Å²) >= 11 is 24.9. The highest BCUT2D eigenvalue weighted by molar-refractivity contribution is 6.53. The zero-order valence-corrected chi connectivity index (χ0v) is 20.1.